The number of hydrogen-bond donors (Lipinski definition) is 3. The molecule has 2 aromatic heterocycles. The molecule has 0 unspecified atom stereocenters. The second kappa shape index (κ2) is 17.8. The van der Waals surface area contributed by atoms with Crippen LogP contribution < -0.4 is 20.3 Å². The first-order valence-electron chi connectivity index (χ1n) is 16.7. The van der Waals surface area contributed by atoms with Crippen LogP contribution in [0.1, 0.15) is 60.8 Å². The fourth-order valence-corrected chi connectivity index (χ4v) is 5.47. The Morgan fingerprint density at radius 2 is 1.75 bits per heavy atom. The molecule has 13 heteroatoms. The number of esters is 1. The number of carbonyl (C=O) groups is 3. The molecule has 0 spiro atoms. The number of ether oxygens (including phenoxy) is 2. The molecule has 0 bridgehead atoms. The summed E-state index contributed by atoms with van der Waals surface area (Å²) in [5.41, 5.74) is 3.20. The third kappa shape index (κ3) is 10.1. The first-order chi connectivity index (χ1) is 24.7. The summed E-state index contributed by atoms with van der Waals surface area (Å²) >= 11 is 6.01. The lowest BCUT2D eigenvalue weighted by atomic mass is 10.1. The van der Waals surface area contributed by atoms with Crippen molar-refractivity contribution < 1.29 is 23.9 Å². The highest BCUT2D eigenvalue weighted by atomic mass is 35.5. The largest absolute Gasteiger partial charge is 0.449 e. The summed E-state index contributed by atoms with van der Waals surface area (Å²) < 4.78 is 12.5. The third-order valence-electron chi connectivity index (χ3n) is 8.04. The number of nitrogens with one attached hydrogen (secondary N) is 3. The number of alkyl carbamates (subject to hydrolysis) is 1. The number of carbonyl (C=O) groups excluding carboxylic acids is 3. The summed E-state index contributed by atoms with van der Waals surface area (Å²) in [5.74, 6) is 0.572. The molecular formula is C38H40ClN7O5. The Morgan fingerprint density at radius 1 is 0.941 bits per heavy atom. The zero-order valence-corrected chi connectivity index (χ0v) is 29.3. The molecule has 3 aromatic carbocycles. The van der Waals surface area contributed by atoms with E-state index in [9.17, 15) is 14.4 Å². The second-order valence-electron chi connectivity index (χ2n) is 11.7. The number of rotatable bonds is 15. The van der Waals surface area contributed by atoms with Crippen molar-refractivity contribution in [2.24, 2.45) is 7.05 Å². The van der Waals surface area contributed by atoms with Crippen molar-refractivity contribution >= 4 is 57.9 Å². The van der Waals surface area contributed by atoms with Gasteiger partial charge in [-0.1, -0.05) is 49.9 Å². The summed E-state index contributed by atoms with van der Waals surface area (Å²) in [5, 5.41) is 14.5. The van der Waals surface area contributed by atoms with E-state index < -0.39 is 12.1 Å². The smallest absolute Gasteiger partial charge is 0.412 e. The van der Waals surface area contributed by atoms with E-state index in [0.29, 0.717) is 46.4 Å². The van der Waals surface area contributed by atoms with Gasteiger partial charge in [-0.25, -0.2) is 14.8 Å². The summed E-state index contributed by atoms with van der Waals surface area (Å²) in [6.45, 7) is 2.88. The first-order valence-corrected chi connectivity index (χ1v) is 17.1. The third-order valence-corrected chi connectivity index (χ3v) is 8.28. The van der Waals surface area contributed by atoms with E-state index >= 15 is 0 Å². The number of fused-ring (bicyclic) bond motifs is 1. The molecule has 0 aliphatic carbocycles. The van der Waals surface area contributed by atoms with Gasteiger partial charge in [-0.05, 0) is 79.2 Å². The Kier molecular flexibility index (Phi) is 12.7. The molecule has 0 aliphatic rings. The van der Waals surface area contributed by atoms with Gasteiger partial charge in [-0.15, -0.1) is 0 Å². The number of imidazole rings is 1. The minimum absolute atomic E-state index is 0.0418. The predicted molar refractivity (Wildman–Crippen MR) is 198 cm³/mol. The zero-order valence-electron chi connectivity index (χ0n) is 28.5. The number of halogens is 1. The van der Waals surface area contributed by atoms with Gasteiger partial charge in [0.15, 0.2) is 0 Å². The topological polar surface area (TPSA) is 152 Å². The number of pyridine rings is 1. The number of amides is 2. The molecule has 0 atom stereocenters. The maximum absolute atomic E-state index is 13.8. The van der Waals surface area contributed by atoms with Gasteiger partial charge < -0.3 is 19.4 Å². The Bertz CT molecular complexity index is 1980. The summed E-state index contributed by atoms with van der Waals surface area (Å²) in [4.78, 5) is 49.1. The number of aromatic nitrogens is 3. The summed E-state index contributed by atoms with van der Waals surface area (Å²) in [6.07, 6.45) is 4.89. The van der Waals surface area contributed by atoms with Crippen molar-refractivity contribution in [2.75, 3.05) is 23.4 Å². The van der Waals surface area contributed by atoms with Gasteiger partial charge in [-0.2, -0.15) is 0 Å². The molecule has 51 heavy (non-hydrogen) atoms. The van der Waals surface area contributed by atoms with Crippen LogP contribution in [0.5, 0.6) is 5.75 Å². The summed E-state index contributed by atoms with van der Waals surface area (Å²) in [7, 11) is 1.90. The molecule has 0 aliphatic heterocycles. The zero-order chi connectivity index (χ0) is 36.2. The van der Waals surface area contributed by atoms with Crippen LogP contribution in [0.2, 0.25) is 5.02 Å². The van der Waals surface area contributed by atoms with E-state index in [2.05, 4.69) is 22.5 Å². The van der Waals surface area contributed by atoms with Gasteiger partial charge >= 0.3 is 12.1 Å². The molecule has 0 saturated carbocycles. The Hall–Kier alpha value is -5.75. The fourth-order valence-electron chi connectivity index (χ4n) is 5.29. The lowest BCUT2D eigenvalue weighted by molar-refractivity contribution is -0.134. The standard InChI is InChI=1S/C38H40ClN7O5/c1-3-4-5-8-22-50-38(49)44-36(40)26-13-16-29(17-14-26)42-25-34-43-31-23-27(15-18-32(31)45(34)2)37(48)46(33-12-6-7-20-41-33)21-19-35(47)51-30-11-9-10-28(39)24-30/h6-7,9-18,20,23-24,42H,3-5,8,19,21-22,25H2,1-2H3,(H2,40,44,49). The SMILES string of the molecule is CCCCCCOC(=O)NC(=N)c1ccc(NCc2nc3cc(C(=O)N(CCC(=O)Oc4cccc(Cl)c4)c4ccccn4)ccc3n2C)cc1. The van der Waals surface area contributed by atoms with E-state index in [1.807, 2.05) is 29.8 Å². The van der Waals surface area contributed by atoms with E-state index in [4.69, 9.17) is 31.5 Å². The van der Waals surface area contributed by atoms with Gasteiger partial charge in [0.05, 0.1) is 30.6 Å². The number of benzene rings is 3. The maximum atomic E-state index is 13.8. The molecule has 3 N–H and O–H groups in total. The number of aryl methyl sites for hydroxylation is 1. The lowest BCUT2D eigenvalue weighted by Gasteiger charge is -2.21. The predicted octanol–water partition coefficient (Wildman–Crippen LogP) is 7.51. The first kappa shape index (κ1) is 36.5. The van der Waals surface area contributed by atoms with E-state index in [1.54, 1.807) is 72.9 Å². The fraction of sp³-hybridized carbons (Fsp3) is 0.263. The van der Waals surface area contributed by atoms with Crippen molar-refractivity contribution in [3.63, 3.8) is 0 Å². The maximum Gasteiger partial charge on any atom is 0.412 e. The van der Waals surface area contributed by atoms with Crippen LogP contribution in [0.4, 0.5) is 16.3 Å². The number of nitrogens with zero attached hydrogens (tertiary/aromatic N) is 4. The molecule has 12 nitrogen and oxygen atoms in total. The lowest BCUT2D eigenvalue weighted by Crippen LogP contribution is -2.34. The highest BCUT2D eigenvalue weighted by Crippen LogP contribution is 2.22. The van der Waals surface area contributed by atoms with Crippen LogP contribution in [0.25, 0.3) is 11.0 Å². The molecular weight excluding hydrogens is 670 g/mol. The van der Waals surface area contributed by atoms with Crippen molar-refractivity contribution in [1.29, 1.82) is 5.41 Å². The van der Waals surface area contributed by atoms with Crippen molar-refractivity contribution in [3.8, 4) is 5.75 Å². The molecule has 0 saturated heterocycles. The minimum Gasteiger partial charge on any atom is -0.449 e. The highest BCUT2D eigenvalue weighted by molar-refractivity contribution is 6.30. The van der Waals surface area contributed by atoms with Crippen LogP contribution in [-0.4, -0.2) is 51.5 Å². The molecule has 5 aromatic rings. The second-order valence-corrected chi connectivity index (χ2v) is 12.2. The van der Waals surface area contributed by atoms with Gasteiger partial charge in [0.25, 0.3) is 5.91 Å². The van der Waals surface area contributed by atoms with Crippen LogP contribution in [-0.2, 0) is 23.1 Å². The molecule has 2 heterocycles. The van der Waals surface area contributed by atoms with Gasteiger partial charge in [-0.3, -0.25) is 25.2 Å². The van der Waals surface area contributed by atoms with Crippen molar-refractivity contribution in [3.05, 3.63) is 113 Å². The Morgan fingerprint density at radius 3 is 2.49 bits per heavy atom. The average molecular weight is 710 g/mol. The molecule has 2 amide bonds. The molecule has 0 radical (unpaired) electrons. The highest BCUT2D eigenvalue weighted by Gasteiger charge is 2.22. The van der Waals surface area contributed by atoms with Crippen LogP contribution in [0.3, 0.4) is 0 Å². The van der Waals surface area contributed by atoms with E-state index in [0.717, 1.165) is 42.7 Å². The van der Waals surface area contributed by atoms with Gasteiger partial charge in [0.1, 0.15) is 23.2 Å². The minimum atomic E-state index is -0.635. The van der Waals surface area contributed by atoms with Crippen LogP contribution in [0, 0.1) is 5.41 Å². The van der Waals surface area contributed by atoms with Crippen molar-refractivity contribution in [1.82, 2.24) is 19.9 Å². The molecule has 5 rings (SSSR count). The Labute approximate surface area is 301 Å². The quantitative estimate of drug-likeness (QED) is 0.0332. The number of amidine groups is 1. The summed E-state index contributed by atoms with van der Waals surface area (Å²) in [6, 6.07) is 24.2. The van der Waals surface area contributed by atoms with Gasteiger partial charge in [0, 0.05) is 41.6 Å². The van der Waals surface area contributed by atoms with Gasteiger partial charge in [0.2, 0.25) is 0 Å². The Balaban J connectivity index is 1.20. The monoisotopic (exact) mass is 709 g/mol. The number of hydrogen-bond acceptors (Lipinski definition) is 9. The van der Waals surface area contributed by atoms with Crippen LogP contribution >= 0.6 is 11.6 Å². The number of unbranched alkanes of at least 4 members (excludes halogenated alkanes) is 3. The van der Waals surface area contributed by atoms with Crippen LogP contribution in [0.15, 0.2) is 91.1 Å². The molecule has 264 valence electrons. The van der Waals surface area contributed by atoms with E-state index in [1.165, 1.54) is 4.90 Å². The van der Waals surface area contributed by atoms with Crippen molar-refractivity contribution in [2.45, 2.75) is 45.6 Å². The average Bonchev–Trinajstić information content (AvgIpc) is 3.45. The van der Waals surface area contributed by atoms with E-state index in [-0.39, 0.29) is 24.7 Å². The number of anilines is 2. The molecule has 0 fully saturated rings. The normalized spacial score (nSPS) is 10.8.